The topological polar surface area (TPSA) is 63.5 Å². The number of amides is 1. The van der Waals surface area contributed by atoms with E-state index in [1.165, 1.54) is 11.0 Å². The van der Waals surface area contributed by atoms with Crippen molar-refractivity contribution in [2.45, 2.75) is 6.92 Å². The second-order valence-electron chi connectivity index (χ2n) is 3.69. The van der Waals surface area contributed by atoms with Crippen LogP contribution >= 0.6 is 15.9 Å². The van der Waals surface area contributed by atoms with Gasteiger partial charge in [-0.3, -0.25) is 14.9 Å². The van der Waals surface area contributed by atoms with E-state index in [0.29, 0.717) is 11.9 Å². The third-order valence-electron chi connectivity index (χ3n) is 2.35. The average Bonchev–Trinajstić information content (AvgIpc) is 2.27. The summed E-state index contributed by atoms with van der Waals surface area (Å²) in [5.74, 6) is -0.333. The molecule has 17 heavy (non-hydrogen) atoms. The minimum Gasteiger partial charge on any atom is -0.341 e. The molecule has 0 aliphatic rings. The number of hydrogen-bond acceptors (Lipinski definition) is 3. The van der Waals surface area contributed by atoms with E-state index >= 15 is 0 Å². The van der Waals surface area contributed by atoms with E-state index in [4.69, 9.17) is 0 Å². The molecular weight excluding hydrogens is 288 g/mol. The van der Waals surface area contributed by atoms with E-state index in [0.717, 1.165) is 5.56 Å². The summed E-state index contributed by atoms with van der Waals surface area (Å²) < 4.78 is 0. The molecule has 0 aromatic heterocycles. The lowest BCUT2D eigenvalue weighted by atomic mass is 10.1. The molecule has 1 aromatic carbocycles. The van der Waals surface area contributed by atoms with Crippen LogP contribution in [0.15, 0.2) is 18.2 Å². The van der Waals surface area contributed by atoms with Gasteiger partial charge in [0.15, 0.2) is 0 Å². The van der Waals surface area contributed by atoms with Gasteiger partial charge in [0.05, 0.1) is 4.92 Å². The Hall–Kier alpha value is -1.43. The Morgan fingerprint density at radius 2 is 2.18 bits per heavy atom. The zero-order chi connectivity index (χ0) is 13.0. The van der Waals surface area contributed by atoms with Crippen molar-refractivity contribution < 1.29 is 9.72 Å². The predicted molar refractivity (Wildman–Crippen MR) is 68.6 cm³/mol. The van der Waals surface area contributed by atoms with Gasteiger partial charge in [0, 0.05) is 25.0 Å². The highest BCUT2D eigenvalue weighted by Crippen LogP contribution is 2.21. The monoisotopic (exact) mass is 300 g/mol. The first-order valence-electron chi connectivity index (χ1n) is 5.04. The Morgan fingerprint density at radius 3 is 2.71 bits per heavy atom. The van der Waals surface area contributed by atoms with Crippen LogP contribution in [0.5, 0.6) is 0 Å². The third kappa shape index (κ3) is 3.26. The second kappa shape index (κ2) is 5.77. The maximum atomic E-state index is 12.0. The van der Waals surface area contributed by atoms with Crippen molar-refractivity contribution in [1.29, 1.82) is 0 Å². The molecule has 0 bridgehead atoms. The molecule has 0 atom stereocenters. The molecule has 0 aliphatic carbocycles. The van der Waals surface area contributed by atoms with E-state index in [9.17, 15) is 14.9 Å². The number of hydrogen-bond donors (Lipinski definition) is 0. The number of rotatable bonds is 4. The van der Waals surface area contributed by atoms with Crippen molar-refractivity contribution >= 4 is 27.5 Å². The molecule has 92 valence electrons. The molecule has 0 N–H and O–H groups in total. The lowest BCUT2D eigenvalue weighted by molar-refractivity contribution is -0.385. The molecule has 0 aliphatic heterocycles. The van der Waals surface area contributed by atoms with Crippen LogP contribution in [0.2, 0.25) is 0 Å². The van der Waals surface area contributed by atoms with Crippen LogP contribution in [0.4, 0.5) is 5.69 Å². The SMILES string of the molecule is Cc1ccc([N+](=O)[O-])c(C(=O)N(C)CCBr)c1. The summed E-state index contributed by atoms with van der Waals surface area (Å²) in [6.45, 7) is 2.30. The molecule has 1 amide bonds. The number of carbonyl (C=O) groups excluding carboxylic acids is 1. The number of alkyl halides is 1. The maximum absolute atomic E-state index is 12.0. The van der Waals surface area contributed by atoms with Gasteiger partial charge in [0.2, 0.25) is 0 Å². The molecule has 6 heteroatoms. The second-order valence-corrected chi connectivity index (χ2v) is 4.49. The van der Waals surface area contributed by atoms with Gasteiger partial charge in [0.25, 0.3) is 11.6 Å². The van der Waals surface area contributed by atoms with Crippen LogP contribution in [-0.2, 0) is 0 Å². The van der Waals surface area contributed by atoms with Gasteiger partial charge in [-0.15, -0.1) is 0 Å². The number of halogens is 1. The van der Waals surface area contributed by atoms with Crippen LogP contribution < -0.4 is 0 Å². The lowest BCUT2D eigenvalue weighted by Gasteiger charge is -2.15. The number of nitro groups is 1. The predicted octanol–water partition coefficient (Wildman–Crippen LogP) is 2.37. The molecule has 1 aromatic rings. The molecular formula is C11H13BrN2O3. The quantitative estimate of drug-likeness (QED) is 0.487. The van der Waals surface area contributed by atoms with Crippen LogP contribution in [0.1, 0.15) is 15.9 Å². The average molecular weight is 301 g/mol. The maximum Gasteiger partial charge on any atom is 0.282 e. The van der Waals surface area contributed by atoms with E-state index in [2.05, 4.69) is 15.9 Å². The van der Waals surface area contributed by atoms with Crippen molar-refractivity contribution in [3.8, 4) is 0 Å². The Bertz CT molecular complexity index is 448. The van der Waals surface area contributed by atoms with Gasteiger partial charge in [-0.05, 0) is 18.6 Å². The van der Waals surface area contributed by atoms with E-state index < -0.39 is 4.92 Å². The zero-order valence-electron chi connectivity index (χ0n) is 9.64. The molecule has 0 saturated heterocycles. The number of nitrogens with zero attached hydrogens (tertiary/aromatic N) is 2. The molecule has 1 rings (SSSR count). The fourth-order valence-electron chi connectivity index (χ4n) is 1.41. The fourth-order valence-corrected chi connectivity index (χ4v) is 1.95. The van der Waals surface area contributed by atoms with Gasteiger partial charge in [-0.25, -0.2) is 0 Å². The summed E-state index contributed by atoms with van der Waals surface area (Å²) in [5, 5.41) is 11.5. The standard InChI is InChI=1S/C11H13BrN2O3/c1-8-3-4-10(14(16)17)9(7-8)11(15)13(2)6-5-12/h3-4,7H,5-6H2,1-2H3. The fraction of sp³-hybridized carbons (Fsp3) is 0.364. The molecule has 0 unspecified atom stereocenters. The summed E-state index contributed by atoms with van der Waals surface area (Å²) in [5.41, 5.74) is 0.812. The minimum absolute atomic E-state index is 0.137. The first-order valence-corrected chi connectivity index (χ1v) is 6.16. The van der Waals surface area contributed by atoms with Crippen molar-refractivity contribution in [1.82, 2.24) is 4.90 Å². The summed E-state index contributed by atoms with van der Waals surface area (Å²) in [7, 11) is 1.62. The summed E-state index contributed by atoms with van der Waals surface area (Å²) in [6.07, 6.45) is 0. The van der Waals surface area contributed by atoms with Crippen molar-refractivity contribution in [2.24, 2.45) is 0 Å². The van der Waals surface area contributed by atoms with E-state index in [1.54, 1.807) is 26.1 Å². The highest BCUT2D eigenvalue weighted by molar-refractivity contribution is 9.09. The smallest absolute Gasteiger partial charge is 0.282 e. The first kappa shape index (κ1) is 13.6. The van der Waals surface area contributed by atoms with Crippen LogP contribution in [-0.4, -0.2) is 34.7 Å². The van der Waals surface area contributed by atoms with E-state index in [-0.39, 0.29) is 17.2 Å². The highest BCUT2D eigenvalue weighted by Gasteiger charge is 2.22. The molecule has 0 saturated carbocycles. The number of benzene rings is 1. The number of nitro benzene ring substituents is 1. The van der Waals surface area contributed by atoms with Crippen molar-refractivity contribution in [3.05, 3.63) is 39.4 Å². The molecule has 0 radical (unpaired) electrons. The summed E-state index contributed by atoms with van der Waals surface area (Å²) in [4.78, 5) is 23.8. The Morgan fingerprint density at radius 1 is 1.53 bits per heavy atom. The largest absolute Gasteiger partial charge is 0.341 e. The minimum atomic E-state index is -0.533. The molecule has 0 spiro atoms. The first-order chi connectivity index (χ1) is 7.97. The van der Waals surface area contributed by atoms with Crippen LogP contribution in [0.3, 0.4) is 0 Å². The molecule has 0 heterocycles. The normalized spacial score (nSPS) is 10.1. The highest BCUT2D eigenvalue weighted by atomic mass is 79.9. The number of aryl methyl sites for hydroxylation is 1. The summed E-state index contributed by atoms with van der Waals surface area (Å²) in [6, 6.07) is 4.54. The van der Waals surface area contributed by atoms with E-state index in [1.807, 2.05) is 0 Å². The zero-order valence-corrected chi connectivity index (χ0v) is 11.2. The van der Waals surface area contributed by atoms with Gasteiger partial charge in [-0.2, -0.15) is 0 Å². The number of carbonyl (C=O) groups is 1. The van der Waals surface area contributed by atoms with Gasteiger partial charge in [0.1, 0.15) is 5.56 Å². The third-order valence-corrected chi connectivity index (χ3v) is 2.70. The lowest BCUT2D eigenvalue weighted by Crippen LogP contribution is -2.29. The molecule has 0 fully saturated rings. The summed E-state index contributed by atoms with van der Waals surface area (Å²) >= 11 is 3.22. The Labute approximate surface area is 108 Å². The van der Waals surface area contributed by atoms with Gasteiger partial charge in [-0.1, -0.05) is 22.0 Å². The van der Waals surface area contributed by atoms with Gasteiger partial charge < -0.3 is 4.90 Å². The van der Waals surface area contributed by atoms with Crippen molar-refractivity contribution in [2.75, 3.05) is 18.9 Å². The Kier molecular flexibility index (Phi) is 4.62. The van der Waals surface area contributed by atoms with Crippen LogP contribution in [0.25, 0.3) is 0 Å². The van der Waals surface area contributed by atoms with Gasteiger partial charge >= 0.3 is 0 Å². The van der Waals surface area contributed by atoms with Crippen molar-refractivity contribution in [3.63, 3.8) is 0 Å². The van der Waals surface area contributed by atoms with Crippen LogP contribution in [0, 0.1) is 17.0 Å². The molecule has 5 nitrogen and oxygen atoms in total. The Balaban J connectivity index is 3.15.